The minimum Gasteiger partial charge on any atom is -0.399 e. The molecule has 19 heavy (non-hydrogen) atoms. The van der Waals surface area contributed by atoms with Gasteiger partial charge in [-0.25, -0.2) is 0 Å². The first-order valence-electron chi connectivity index (χ1n) is 7.02. The molecule has 1 aromatic carbocycles. The molecule has 106 valence electrons. The van der Waals surface area contributed by atoms with Crippen molar-refractivity contribution in [1.29, 1.82) is 0 Å². The fourth-order valence-corrected chi connectivity index (χ4v) is 3.09. The van der Waals surface area contributed by atoms with Crippen molar-refractivity contribution in [3.63, 3.8) is 0 Å². The van der Waals surface area contributed by atoms with Crippen LogP contribution < -0.4 is 5.73 Å². The molecule has 1 saturated heterocycles. The first-order chi connectivity index (χ1) is 9.15. The molecule has 4 N–H and O–H groups in total. The first-order valence-corrected chi connectivity index (χ1v) is 7.02. The van der Waals surface area contributed by atoms with E-state index in [0.717, 1.165) is 30.8 Å². The summed E-state index contributed by atoms with van der Waals surface area (Å²) in [6.07, 6.45) is 0.637. The number of hydrogen-bond donors (Lipinski definition) is 3. The number of hydrogen-bond acceptors (Lipinski definition) is 4. The van der Waals surface area contributed by atoms with Crippen LogP contribution >= 0.6 is 0 Å². The van der Waals surface area contributed by atoms with Gasteiger partial charge < -0.3 is 20.8 Å². The highest BCUT2D eigenvalue weighted by molar-refractivity contribution is 5.40. The van der Waals surface area contributed by atoms with Gasteiger partial charge in [0, 0.05) is 37.2 Å². The van der Waals surface area contributed by atoms with Crippen molar-refractivity contribution in [2.24, 2.45) is 5.92 Å². The molecule has 4 heteroatoms. The molecule has 0 saturated carbocycles. The Morgan fingerprint density at radius 1 is 1.26 bits per heavy atom. The second-order valence-electron chi connectivity index (χ2n) is 5.46. The van der Waals surface area contributed by atoms with Crippen LogP contribution in [0, 0.1) is 5.92 Å². The lowest BCUT2D eigenvalue weighted by Gasteiger charge is -2.41. The smallest absolute Gasteiger partial charge is 0.0739 e. The second-order valence-corrected chi connectivity index (χ2v) is 5.46. The Kier molecular flexibility index (Phi) is 4.80. The van der Waals surface area contributed by atoms with E-state index in [1.807, 2.05) is 24.3 Å². The quantitative estimate of drug-likeness (QED) is 0.711. The number of likely N-dealkylation sites (tertiary alicyclic amines) is 1. The van der Waals surface area contributed by atoms with Crippen LogP contribution in [0.15, 0.2) is 24.3 Å². The van der Waals surface area contributed by atoms with Gasteiger partial charge in [0.25, 0.3) is 0 Å². The molecule has 1 aromatic rings. The summed E-state index contributed by atoms with van der Waals surface area (Å²) in [5.41, 5.74) is 7.49. The number of β-amino-alcohol motifs (C(OH)–C–C–N with tert-alkyl or cyclic N) is 1. The summed E-state index contributed by atoms with van der Waals surface area (Å²) in [5.74, 6) is 0.0811. The molecule has 0 aromatic heterocycles. The van der Waals surface area contributed by atoms with Gasteiger partial charge >= 0.3 is 0 Å². The Hall–Kier alpha value is -1.10. The van der Waals surface area contributed by atoms with Gasteiger partial charge in [0.1, 0.15) is 0 Å². The van der Waals surface area contributed by atoms with Crippen LogP contribution in [0.25, 0.3) is 0 Å². The van der Waals surface area contributed by atoms with Crippen molar-refractivity contribution in [2.75, 3.05) is 32.0 Å². The Bertz CT molecular complexity index is 394. The summed E-state index contributed by atoms with van der Waals surface area (Å²) in [7, 11) is 0. The molecular formula is C15H24N2O2. The number of nitrogens with zero attached hydrogens (tertiary/aromatic N) is 1. The monoisotopic (exact) mass is 264 g/mol. The van der Waals surface area contributed by atoms with E-state index in [9.17, 15) is 10.2 Å². The van der Waals surface area contributed by atoms with Crippen LogP contribution in [-0.4, -0.2) is 47.5 Å². The normalized spacial score (nSPS) is 28.5. The molecule has 0 amide bonds. The zero-order valence-corrected chi connectivity index (χ0v) is 11.5. The lowest BCUT2D eigenvalue weighted by molar-refractivity contribution is -0.0000242. The summed E-state index contributed by atoms with van der Waals surface area (Å²) >= 11 is 0. The van der Waals surface area contributed by atoms with Crippen molar-refractivity contribution in [3.8, 4) is 0 Å². The molecule has 0 radical (unpaired) electrons. The highest BCUT2D eigenvalue weighted by Gasteiger charge is 2.36. The van der Waals surface area contributed by atoms with Crippen molar-refractivity contribution in [2.45, 2.75) is 25.4 Å². The minimum absolute atomic E-state index is 0.00120. The summed E-state index contributed by atoms with van der Waals surface area (Å²) in [5, 5.41) is 20.0. The van der Waals surface area contributed by atoms with Gasteiger partial charge in [0.15, 0.2) is 0 Å². The van der Waals surface area contributed by atoms with E-state index in [1.165, 1.54) is 0 Å². The summed E-state index contributed by atoms with van der Waals surface area (Å²) in [6, 6.07) is 7.63. The zero-order valence-electron chi connectivity index (χ0n) is 11.5. The second kappa shape index (κ2) is 6.37. The van der Waals surface area contributed by atoms with Gasteiger partial charge in [-0.1, -0.05) is 19.1 Å². The van der Waals surface area contributed by atoms with Crippen LogP contribution in [0.3, 0.4) is 0 Å². The molecule has 1 heterocycles. The average Bonchev–Trinajstić information content (AvgIpc) is 2.40. The number of nitrogens with two attached hydrogens (primary N) is 1. The van der Waals surface area contributed by atoms with E-state index in [2.05, 4.69) is 11.8 Å². The van der Waals surface area contributed by atoms with Gasteiger partial charge in [-0.2, -0.15) is 0 Å². The largest absolute Gasteiger partial charge is 0.399 e. The maximum absolute atomic E-state index is 10.4. The van der Waals surface area contributed by atoms with E-state index in [4.69, 9.17) is 5.73 Å². The highest BCUT2D eigenvalue weighted by Crippen LogP contribution is 2.33. The standard InChI is InChI=1S/C15H24N2O2/c1-2-7-17-8-12(10-18)15(14(19)9-17)11-3-5-13(16)6-4-11/h3-6,12,14-15,18-19H,2,7-10,16H2,1H3/t12-,14-,15-/m0/s1. The molecule has 3 atom stereocenters. The SMILES string of the molecule is CCCN1C[C@@H](CO)[C@H](c2ccc(N)cc2)[C@@H](O)C1. The lowest BCUT2D eigenvalue weighted by Crippen LogP contribution is -2.49. The Labute approximate surface area is 114 Å². The number of piperidine rings is 1. The van der Waals surface area contributed by atoms with E-state index < -0.39 is 6.10 Å². The van der Waals surface area contributed by atoms with Gasteiger partial charge in [-0.15, -0.1) is 0 Å². The number of anilines is 1. The van der Waals surface area contributed by atoms with Gasteiger partial charge in [0.2, 0.25) is 0 Å². The molecule has 0 aliphatic carbocycles. The Morgan fingerprint density at radius 2 is 1.95 bits per heavy atom. The lowest BCUT2D eigenvalue weighted by atomic mass is 9.79. The molecule has 0 unspecified atom stereocenters. The van der Waals surface area contributed by atoms with E-state index in [0.29, 0.717) is 6.54 Å². The maximum atomic E-state index is 10.4. The number of aliphatic hydroxyl groups is 2. The fraction of sp³-hybridized carbons (Fsp3) is 0.600. The molecule has 2 rings (SSSR count). The van der Waals surface area contributed by atoms with E-state index in [1.54, 1.807) is 0 Å². The van der Waals surface area contributed by atoms with Crippen molar-refractivity contribution >= 4 is 5.69 Å². The summed E-state index contributed by atoms with van der Waals surface area (Å²) in [4.78, 5) is 2.24. The van der Waals surface area contributed by atoms with E-state index in [-0.39, 0.29) is 18.4 Å². The van der Waals surface area contributed by atoms with Crippen LogP contribution in [-0.2, 0) is 0 Å². The predicted molar refractivity (Wildman–Crippen MR) is 76.9 cm³/mol. The van der Waals surface area contributed by atoms with E-state index >= 15 is 0 Å². The molecule has 1 fully saturated rings. The van der Waals surface area contributed by atoms with Crippen LogP contribution in [0.4, 0.5) is 5.69 Å². The van der Waals surface area contributed by atoms with Crippen LogP contribution in [0.2, 0.25) is 0 Å². The Morgan fingerprint density at radius 3 is 2.53 bits per heavy atom. The fourth-order valence-electron chi connectivity index (χ4n) is 3.09. The summed E-state index contributed by atoms with van der Waals surface area (Å²) in [6.45, 7) is 4.73. The van der Waals surface area contributed by atoms with Gasteiger partial charge in [-0.05, 0) is 30.7 Å². The molecule has 0 spiro atoms. The molecule has 1 aliphatic rings. The van der Waals surface area contributed by atoms with Crippen LogP contribution in [0.1, 0.15) is 24.8 Å². The van der Waals surface area contributed by atoms with Crippen molar-refractivity contribution < 1.29 is 10.2 Å². The molecule has 4 nitrogen and oxygen atoms in total. The Balaban J connectivity index is 2.16. The number of aliphatic hydroxyl groups excluding tert-OH is 2. The van der Waals surface area contributed by atoms with Crippen LogP contribution in [0.5, 0.6) is 0 Å². The highest BCUT2D eigenvalue weighted by atomic mass is 16.3. The first kappa shape index (κ1) is 14.3. The third-order valence-corrected chi connectivity index (χ3v) is 3.96. The predicted octanol–water partition coefficient (Wildman–Crippen LogP) is 1.05. The van der Waals surface area contributed by atoms with Gasteiger partial charge in [0.05, 0.1) is 6.10 Å². The topological polar surface area (TPSA) is 69.7 Å². The molecule has 0 bridgehead atoms. The summed E-state index contributed by atoms with van der Waals surface area (Å²) < 4.78 is 0. The number of benzene rings is 1. The third kappa shape index (κ3) is 3.26. The minimum atomic E-state index is -0.430. The number of nitrogen functional groups attached to an aromatic ring is 1. The van der Waals surface area contributed by atoms with Crippen molar-refractivity contribution in [1.82, 2.24) is 4.90 Å². The zero-order chi connectivity index (χ0) is 13.8. The third-order valence-electron chi connectivity index (χ3n) is 3.96. The molecule has 1 aliphatic heterocycles. The number of rotatable bonds is 4. The van der Waals surface area contributed by atoms with Gasteiger partial charge in [-0.3, -0.25) is 0 Å². The average molecular weight is 264 g/mol. The maximum Gasteiger partial charge on any atom is 0.0739 e. The van der Waals surface area contributed by atoms with Crippen molar-refractivity contribution in [3.05, 3.63) is 29.8 Å². The molecular weight excluding hydrogens is 240 g/mol.